The molecule has 0 bridgehead atoms. The van der Waals surface area contributed by atoms with Crippen LogP contribution in [0, 0.1) is 5.41 Å². The summed E-state index contributed by atoms with van der Waals surface area (Å²) >= 11 is 0. The molecule has 0 amide bonds. The Morgan fingerprint density at radius 2 is 1.80 bits per heavy atom. The lowest BCUT2D eigenvalue weighted by molar-refractivity contribution is 0.313. The summed E-state index contributed by atoms with van der Waals surface area (Å²) in [6.07, 6.45) is 0.771. The zero-order chi connectivity index (χ0) is 15.2. The highest BCUT2D eigenvalue weighted by atomic mass is 32.2. The average molecular weight is 300 g/mol. The number of benzene rings is 1. The standard InChI is InChI=1S/C14H24N2O3S/c1-14(2,3)11-16-20(17,18)13-7-5-12(6-8-13)19-10-4-9-15/h5-8,16H,4,9-11,15H2,1-3H3. The highest BCUT2D eigenvalue weighted by Crippen LogP contribution is 2.17. The molecule has 0 aromatic heterocycles. The van der Waals surface area contributed by atoms with Gasteiger partial charge in [0.15, 0.2) is 0 Å². The molecule has 5 nitrogen and oxygen atoms in total. The van der Waals surface area contributed by atoms with Crippen LogP contribution < -0.4 is 15.2 Å². The first kappa shape index (κ1) is 16.9. The van der Waals surface area contributed by atoms with Crippen molar-refractivity contribution in [2.45, 2.75) is 32.1 Å². The Morgan fingerprint density at radius 1 is 1.20 bits per heavy atom. The maximum Gasteiger partial charge on any atom is 0.240 e. The number of nitrogens with two attached hydrogens (primary N) is 1. The summed E-state index contributed by atoms with van der Waals surface area (Å²) in [5.41, 5.74) is 5.28. The van der Waals surface area contributed by atoms with Gasteiger partial charge in [-0.25, -0.2) is 13.1 Å². The number of rotatable bonds is 7. The van der Waals surface area contributed by atoms with Crippen molar-refractivity contribution in [1.29, 1.82) is 0 Å². The van der Waals surface area contributed by atoms with Gasteiger partial charge in [0.2, 0.25) is 10.0 Å². The van der Waals surface area contributed by atoms with Crippen LogP contribution in [0.4, 0.5) is 0 Å². The molecule has 3 N–H and O–H groups in total. The summed E-state index contributed by atoms with van der Waals surface area (Å²) in [7, 11) is -3.46. The fourth-order valence-corrected chi connectivity index (χ4v) is 2.67. The van der Waals surface area contributed by atoms with Crippen LogP contribution in [-0.2, 0) is 10.0 Å². The molecular weight excluding hydrogens is 276 g/mol. The van der Waals surface area contributed by atoms with E-state index in [1.165, 1.54) is 0 Å². The van der Waals surface area contributed by atoms with Crippen molar-refractivity contribution in [1.82, 2.24) is 4.72 Å². The predicted octanol–water partition coefficient (Wildman–Crippen LogP) is 1.74. The topological polar surface area (TPSA) is 81.4 Å². The Hall–Kier alpha value is -1.11. The number of nitrogens with one attached hydrogen (secondary N) is 1. The highest BCUT2D eigenvalue weighted by Gasteiger charge is 2.18. The van der Waals surface area contributed by atoms with Crippen molar-refractivity contribution < 1.29 is 13.2 Å². The monoisotopic (exact) mass is 300 g/mol. The van der Waals surface area contributed by atoms with Crippen molar-refractivity contribution in [3.63, 3.8) is 0 Å². The van der Waals surface area contributed by atoms with E-state index in [2.05, 4.69) is 4.72 Å². The molecule has 0 radical (unpaired) electrons. The molecule has 0 saturated heterocycles. The molecule has 114 valence electrons. The largest absolute Gasteiger partial charge is 0.494 e. The van der Waals surface area contributed by atoms with Crippen LogP contribution in [0.2, 0.25) is 0 Å². The van der Waals surface area contributed by atoms with Gasteiger partial charge in [0.1, 0.15) is 5.75 Å². The lowest BCUT2D eigenvalue weighted by Gasteiger charge is -2.18. The molecule has 1 rings (SSSR count). The summed E-state index contributed by atoms with van der Waals surface area (Å²) in [5, 5.41) is 0. The van der Waals surface area contributed by atoms with Gasteiger partial charge in [0.05, 0.1) is 11.5 Å². The zero-order valence-electron chi connectivity index (χ0n) is 12.3. The van der Waals surface area contributed by atoms with Crippen LogP contribution in [0.3, 0.4) is 0 Å². The van der Waals surface area contributed by atoms with Crippen LogP contribution in [0.15, 0.2) is 29.2 Å². The van der Waals surface area contributed by atoms with Gasteiger partial charge in [0.25, 0.3) is 0 Å². The van der Waals surface area contributed by atoms with Crippen molar-refractivity contribution >= 4 is 10.0 Å². The lowest BCUT2D eigenvalue weighted by atomic mass is 9.98. The minimum absolute atomic E-state index is 0.0989. The van der Waals surface area contributed by atoms with Gasteiger partial charge in [-0.1, -0.05) is 20.8 Å². The molecule has 0 aliphatic carbocycles. The average Bonchev–Trinajstić information content (AvgIpc) is 2.37. The SMILES string of the molecule is CC(C)(C)CNS(=O)(=O)c1ccc(OCCCN)cc1. The minimum atomic E-state index is -3.46. The van der Waals surface area contributed by atoms with Gasteiger partial charge in [-0.15, -0.1) is 0 Å². The third-order valence-electron chi connectivity index (χ3n) is 2.54. The number of hydrogen-bond donors (Lipinski definition) is 2. The Morgan fingerprint density at radius 3 is 2.30 bits per heavy atom. The van der Waals surface area contributed by atoms with Crippen molar-refractivity contribution in [3.8, 4) is 5.75 Å². The summed E-state index contributed by atoms with van der Waals surface area (Å²) in [5.74, 6) is 0.647. The Labute approximate surface area is 121 Å². The lowest BCUT2D eigenvalue weighted by Crippen LogP contribution is -2.32. The first-order chi connectivity index (χ1) is 9.24. The molecule has 0 aliphatic rings. The van der Waals surface area contributed by atoms with Crippen LogP contribution in [0.1, 0.15) is 27.2 Å². The Kier molecular flexibility index (Phi) is 5.98. The van der Waals surface area contributed by atoms with E-state index in [9.17, 15) is 8.42 Å². The van der Waals surface area contributed by atoms with Gasteiger partial charge in [-0.2, -0.15) is 0 Å². The molecule has 1 aromatic rings. The van der Waals surface area contributed by atoms with E-state index < -0.39 is 10.0 Å². The zero-order valence-corrected chi connectivity index (χ0v) is 13.2. The Balaban J connectivity index is 2.67. The summed E-state index contributed by atoms with van der Waals surface area (Å²) in [6, 6.07) is 6.40. The van der Waals surface area contributed by atoms with E-state index in [1.807, 2.05) is 20.8 Å². The first-order valence-electron chi connectivity index (χ1n) is 6.67. The molecule has 6 heteroatoms. The van der Waals surface area contributed by atoms with Gasteiger partial charge >= 0.3 is 0 Å². The number of hydrogen-bond acceptors (Lipinski definition) is 4. The fourth-order valence-electron chi connectivity index (χ4n) is 1.38. The van der Waals surface area contributed by atoms with E-state index in [0.29, 0.717) is 25.4 Å². The molecule has 0 heterocycles. The molecule has 0 saturated carbocycles. The Bertz CT molecular complexity index is 504. The second-order valence-corrected chi connectivity index (χ2v) is 7.61. The maximum absolute atomic E-state index is 12.1. The normalized spacial score (nSPS) is 12.4. The maximum atomic E-state index is 12.1. The predicted molar refractivity (Wildman–Crippen MR) is 80.3 cm³/mol. The van der Waals surface area contributed by atoms with Gasteiger partial charge in [-0.05, 0) is 42.6 Å². The molecule has 0 unspecified atom stereocenters. The second-order valence-electron chi connectivity index (χ2n) is 5.85. The van der Waals surface area contributed by atoms with E-state index in [0.717, 1.165) is 6.42 Å². The van der Waals surface area contributed by atoms with E-state index >= 15 is 0 Å². The van der Waals surface area contributed by atoms with Crippen molar-refractivity contribution in [2.24, 2.45) is 11.1 Å². The molecular formula is C14H24N2O3S. The molecule has 0 spiro atoms. The highest BCUT2D eigenvalue weighted by molar-refractivity contribution is 7.89. The van der Waals surface area contributed by atoms with Crippen LogP contribution in [0.25, 0.3) is 0 Å². The minimum Gasteiger partial charge on any atom is -0.494 e. The smallest absolute Gasteiger partial charge is 0.240 e. The molecule has 0 aliphatic heterocycles. The van der Waals surface area contributed by atoms with Gasteiger partial charge < -0.3 is 10.5 Å². The van der Waals surface area contributed by atoms with E-state index in [-0.39, 0.29) is 10.3 Å². The fraction of sp³-hybridized carbons (Fsp3) is 0.571. The third kappa shape index (κ3) is 5.90. The number of ether oxygens (including phenoxy) is 1. The van der Waals surface area contributed by atoms with Crippen LogP contribution in [0.5, 0.6) is 5.75 Å². The molecule has 0 atom stereocenters. The van der Waals surface area contributed by atoms with E-state index in [1.54, 1.807) is 24.3 Å². The summed E-state index contributed by atoms with van der Waals surface area (Å²) in [6.45, 7) is 7.43. The van der Waals surface area contributed by atoms with Crippen molar-refractivity contribution in [2.75, 3.05) is 19.7 Å². The third-order valence-corrected chi connectivity index (χ3v) is 3.96. The molecule has 0 fully saturated rings. The number of sulfonamides is 1. The first-order valence-corrected chi connectivity index (χ1v) is 8.15. The summed E-state index contributed by atoms with van der Waals surface area (Å²) < 4.78 is 32.2. The molecule has 1 aromatic carbocycles. The van der Waals surface area contributed by atoms with Gasteiger partial charge in [0, 0.05) is 6.54 Å². The summed E-state index contributed by atoms with van der Waals surface area (Å²) in [4.78, 5) is 0.243. The van der Waals surface area contributed by atoms with E-state index in [4.69, 9.17) is 10.5 Å². The van der Waals surface area contributed by atoms with Crippen molar-refractivity contribution in [3.05, 3.63) is 24.3 Å². The molecule has 20 heavy (non-hydrogen) atoms. The second kappa shape index (κ2) is 7.06. The van der Waals surface area contributed by atoms with Crippen LogP contribution in [-0.4, -0.2) is 28.1 Å². The van der Waals surface area contributed by atoms with Crippen LogP contribution >= 0.6 is 0 Å². The van der Waals surface area contributed by atoms with Gasteiger partial charge in [-0.3, -0.25) is 0 Å². The quantitative estimate of drug-likeness (QED) is 0.752.